The first-order chi connectivity index (χ1) is 12.9. The predicted octanol–water partition coefficient (Wildman–Crippen LogP) is 2.49. The molecule has 0 bridgehead atoms. The maximum absolute atomic E-state index is 12.3. The first-order valence-electron chi connectivity index (χ1n) is 8.26. The molecule has 2 N–H and O–H groups in total. The summed E-state index contributed by atoms with van der Waals surface area (Å²) in [6.45, 7) is 3.64. The smallest absolute Gasteiger partial charge is 0.270 e. The number of hydrazone groups is 1. The van der Waals surface area contributed by atoms with E-state index in [4.69, 9.17) is 0 Å². The Morgan fingerprint density at radius 2 is 2.07 bits per heavy atom. The van der Waals surface area contributed by atoms with Crippen LogP contribution in [0.3, 0.4) is 0 Å². The van der Waals surface area contributed by atoms with Crippen LogP contribution in [0.5, 0.6) is 0 Å². The molecule has 8 nitrogen and oxygen atoms in total. The van der Waals surface area contributed by atoms with Gasteiger partial charge in [-0.2, -0.15) is 5.10 Å². The lowest BCUT2D eigenvalue weighted by Gasteiger charge is -2.20. The van der Waals surface area contributed by atoms with E-state index in [1.54, 1.807) is 6.07 Å². The van der Waals surface area contributed by atoms with Crippen molar-refractivity contribution < 1.29 is 14.5 Å². The molecule has 0 spiro atoms. The van der Waals surface area contributed by atoms with Gasteiger partial charge >= 0.3 is 0 Å². The van der Waals surface area contributed by atoms with E-state index in [9.17, 15) is 19.7 Å². The van der Waals surface area contributed by atoms with Gasteiger partial charge in [0.25, 0.3) is 11.6 Å². The van der Waals surface area contributed by atoms with Crippen molar-refractivity contribution >= 4 is 35.1 Å². The third-order valence-electron chi connectivity index (χ3n) is 3.65. The normalized spacial score (nSPS) is 12.1. The van der Waals surface area contributed by atoms with Gasteiger partial charge in [-0.05, 0) is 17.4 Å². The van der Waals surface area contributed by atoms with Crippen LogP contribution in [0.25, 0.3) is 0 Å². The fourth-order valence-corrected chi connectivity index (χ4v) is 2.99. The van der Waals surface area contributed by atoms with E-state index in [1.165, 1.54) is 35.8 Å². The van der Waals surface area contributed by atoms with Crippen molar-refractivity contribution in [1.82, 2.24) is 10.7 Å². The van der Waals surface area contributed by atoms with Gasteiger partial charge in [-0.25, -0.2) is 5.43 Å². The lowest BCUT2D eigenvalue weighted by Crippen LogP contribution is -2.49. The van der Waals surface area contributed by atoms with Crippen molar-refractivity contribution in [2.45, 2.75) is 26.3 Å². The Kier molecular flexibility index (Phi) is 7.18. The molecule has 27 heavy (non-hydrogen) atoms. The highest BCUT2D eigenvalue weighted by molar-refractivity contribution is 7.10. The van der Waals surface area contributed by atoms with Crippen LogP contribution < -0.4 is 10.7 Å². The largest absolute Gasteiger partial charge is 0.344 e. The van der Waals surface area contributed by atoms with Crippen LogP contribution in [0, 0.1) is 16.0 Å². The first-order valence-corrected chi connectivity index (χ1v) is 9.14. The van der Waals surface area contributed by atoms with Crippen molar-refractivity contribution in [3.05, 3.63) is 62.3 Å². The molecular weight excluding hydrogens is 368 g/mol. The number of nitrogens with one attached hydrogen (secondary N) is 2. The monoisotopic (exact) mass is 388 g/mol. The van der Waals surface area contributed by atoms with E-state index in [-0.39, 0.29) is 23.9 Å². The number of hydrogen-bond donors (Lipinski definition) is 2. The summed E-state index contributed by atoms with van der Waals surface area (Å²) in [5, 5.41) is 19.2. The number of nitrogens with zero attached hydrogens (tertiary/aromatic N) is 2. The molecule has 0 unspecified atom stereocenters. The van der Waals surface area contributed by atoms with Crippen molar-refractivity contribution in [2.24, 2.45) is 11.0 Å². The Labute approximate surface area is 160 Å². The molecule has 1 atom stereocenters. The molecular formula is C18H20N4O4S. The minimum atomic E-state index is -0.736. The summed E-state index contributed by atoms with van der Waals surface area (Å²) in [5.41, 5.74) is 2.79. The number of carbonyl (C=O) groups excluding carboxylic acids is 2. The van der Waals surface area contributed by atoms with Gasteiger partial charge in [-0.15, -0.1) is 11.3 Å². The molecule has 0 fully saturated rings. The Hall–Kier alpha value is -3.07. The molecule has 142 valence electrons. The SMILES string of the molecule is CC(C)[C@@H](NC(=O)Cc1cccs1)C(=O)N/N=C/c1cccc([N+](=O)[O-])c1. The van der Waals surface area contributed by atoms with Crippen LogP contribution in [-0.2, 0) is 16.0 Å². The Morgan fingerprint density at radius 3 is 2.70 bits per heavy atom. The maximum Gasteiger partial charge on any atom is 0.270 e. The molecule has 0 saturated carbocycles. The third-order valence-corrected chi connectivity index (χ3v) is 4.53. The summed E-state index contributed by atoms with van der Waals surface area (Å²) in [6, 6.07) is 8.86. The van der Waals surface area contributed by atoms with Gasteiger partial charge < -0.3 is 5.32 Å². The van der Waals surface area contributed by atoms with Crippen molar-refractivity contribution in [3.63, 3.8) is 0 Å². The van der Waals surface area contributed by atoms with Crippen LogP contribution in [0.1, 0.15) is 24.3 Å². The summed E-state index contributed by atoms with van der Waals surface area (Å²) in [5.74, 6) is -0.828. The van der Waals surface area contributed by atoms with Gasteiger partial charge in [-0.3, -0.25) is 19.7 Å². The van der Waals surface area contributed by atoms with Crippen molar-refractivity contribution in [2.75, 3.05) is 0 Å². The van der Waals surface area contributed by atoms with Crippen molar-refractivity contribution in [3.8, 4) is 0 Å². The second kappa shape index (κ2) is 9.58. The van der Waals surface area contributed by atoms with Crippen LogP contribution >= 0.6 is 11.3 Å². The number of non-ortho nitro benzene ring substituents is 1. The van der Waals surface area contributed by atoms with E-state index in [1.807, 2.05) is 31.4 Å². The maximum atomic E-state index is 12.3. The second-order valence-electron chi connectivity index (χ2n) is 6.13. The number of benzene rings is 1. The van der Waals surface area contributed by atoms with Gasteiger partial charge in [0.05, 0.1) is 17.6 Å². The minimum absolute atomic E-state index is 0.0637. The molecule has 0 saturated heterocycles. The molecule has 0 aliphatic rings. The number of hydrogen-bond acceptors (Lipinski definition) is 6. The quantitative estimate of drug-likeness (QED) is 0.411. The van der Waals surface area contributed by atoms with Crippen molar-refractivity contribution in [1.29, 1.82) is 0 Å². The fourth-order valence-electron chi connectivity index (χ4n) is 2.29. The van der Waals surface area contributed by atoms with Crippen LogP contribution in [0.15, 0.2) is 46.9 Å². The van der Waals surface area contributed by atoms with E-state index in [0.29, 0.717) is 5.56 Å². The summed E-state index contributed by atoms with van der Waals surface area (Å²) in [7, 11) is 0. The van der Waals surface area contributed by atoms with E-state index >= 15 is 0 Å². The topological polar surface area (TPSA) is 114 Å². The molecule has 2 rings (SSSR count). The third kappa shape index (κ3) is 6.30. The number of nitro benzene ring substituents is 1. The zero-order valence-electron chi connectivity index (χ0n) is 14.9. The first kappa shape index (κ1) is 20.2. The molecule has 2 aromatic rings. The minimum Gasteiger partial charge on any atom is -0.344 e. The molecule has 1 aromatic carbocycles. The number of amides is 2. The lowest BCUT2D eigenvalue weighted by atomic mass is 10.0. The van der Waals surface area contributed by atoms with Gasteiger partial charge in [0.2, 0.25) is 5.91 Å². The zero-order valence-corrected chi connectivity index (χ0v) is 15.7. The Morgan fingerprint density at radius 1 is 1.30 bits per heavy atom. The highest BCUT2D eigenvalue weighted by Gasteiger charge is 2.24. The second-order valence-corrected chi connectivity index (χ2v) is 7.16. The summed E-state index contributed by atoms with van der Waals surface area (Å²) >= 11 is 1.48. The average molecular weight is 388 g/mol. The number of rotatable bonds is 8. The average Bonchev–Trinajstić information content (AvgIpc) is 3.12. The fraction of sp³-hybridized carbons (Fsp3) is 0.278. The zero-order chi connectivity index (χ0) is 19.8. The molecule has 0 radical (unpaired) electrons. The molecule has 2 amide bonds. The highest BCUT2D eigenvalue weighted by Crippen LogP contribution is 2.12. The number of thiophene rings is 1. The lowest BCUT2D eigenvalue weighted by molar-refractivity contribution is -0.384. The van der Waals surface area contributed by atoms with E-state index < -0.39 is 16.9 Å². The van der Waals surface area contributed by atoms with Crippen LogP contribution in [0.2, 0.25) is 0 Å². The summed E-state index contributed by atoms with van der Waals surface area (Å²) in [4.78, 5) is 35.7. The number of carbonyl (C=O) groups is 2. The standard InChI is InChI=1S/C18H20N4O4S/c1-12(2)17(20-16(23)10-15-7-4-8-27-15)18(24)21-19-11-13-5-3-6-14(9-13)22(25)26/h3-9,11-12,17H,10H2,1-2H3,(H,20,23)(H,21,24)/b19-11+/t17-/m1/s1. The molecule has 1 heterocycles. The molecule has 0 aliphatic heterocycles. The summed E-state index contributed by atoms with van der Waals surface area (Å²) < 4.78 is 0. The van der Waals surface area contributed by atoms with Crippen LogP contribution in [0.4, 0.5) is 5.69 Å². The number of nitro groups is 1. The predicted molar refractivity (Wildman–Crippen MR) is 104 cm³/mol. The molecule has 1 aromatic heterocycles. The summed E-state index contributed by atoms with van der Waals surface area (Å²) in [6.07, 6.45) is 1.53. The van der Waals surface area contributed by atoms with E-state index in [0.717, 1.165) is 4.88 Å². The molecule has 0 aliphatic carbocycles. The van der Waals surface area contributed by atoms with Gasteiger partial charge in [-0.1, -0.05) is 32.0 Å². The van der Waals surface area contributed by atoms with E-state index in [2.05, 4.69) is 15.8 Å². The Balaban J connectivity index is 1.95. The Bertz CT molecular complexity index is 834. The van der Waals surface area contributed by atoms with Gasteiger partial charge in [0.15, 0.2) is 0 Å². The van der Waals surface area contributed by atoms with Gasteiger partial charge in [0.1, 0.15) is 6.04 Å². The highest BCUT2D eigenvalue weighted by atomic mass is 32.1. The van der Waals surface area contributed by atoms with Crippen LogP contribution in [-0.4, -0.2) is 29.0 Å². The van der Waals surface area contributed by atoms with Gasteiger partial charge in [0, 0.05) is 22.6 Å². The molecule has 9 heteroatoms.